The van der Waals surface area contributed by atoms with Crippen LogP contribution in [0.3, 0.4) is 0 Å². The molecule has 31 heavy (non-hydrogen) atoms. The number of aromatic nitrogens is 2. The Kier molecular flexibility index (Phi) is 5.97. The number of H-pyrrole nitrogens is 1. The topological polar surface area (TPSA) is 78.5 Å². The number of halogens is 1. The van der Waals surface area contributed by atoms with Crippen molar-refractivity contribution in [2.75, 3.05) is 31.6 Å². The molecule has 8 heteroatoms. The molecule has 0 unspecified atom stereocenters. The summed E-state index contributed by atoms with van der Waals surface area (Å²) < 4.78 is 18.8. The number of para-hydroxylation sites is 2. The fraction of sp³-hybridized carbons (Fsp3) is 0.261. The molecule has 4 rings (SSSR count). The molecule has 1 N–H and O–H groups in total. The van der Waals surface area contributed by atoms with Crippen LogP contribution < -0.4 is 9.64 Å². The van der Waals surface area contributed by atoms with Gasteiger partial charge in [0.25, 0.3) is 5.91 Å². The van der Waals surface area contributed by atoms with Crippen molar-refractivity contribution in [2.24, 2.45) is 0 Å². The van der Waals surface area contributed by atoms with E-state index in [2.05, 4.69) is 10.2 Å². The van der Waals surface area contributed by atoms with Gasteiger partial charge in [0.1, 0.15) is 18.1 Å². The van der Waals surface area contributed by atoms with Gasteiger partial charge in [-0.3, -0.25) is 19.6 Å². The van der Waals surface area contributed by atoms with Crippen LogP contribution in [-0.4, -0.2) is 53.7 Å². The van der Waals surface area contributed by atoms with Gasteiger partial charge >= 0.3 is 0 Å². The van der Waals surface area contributed by atoms with Gasteiger partial charge in [-0.25, -0.2) is 4.39 Å². The lowest BCUT2D eigenvalue weighted by atomic mass is 10.1. The highest BCUT2D eigenvalue weighted by molar-refractivity contribution is 6.02. The first-order chi connectivity index (χ1) is 15.0. The molecule has 2 aromatic carbocycles. The number of rotatable bonds is 7. The van der Waals surface area contributed by atoms with Crippen LogP contribution in [-0.2, 0) is 16.0 Å². The third-order valence-corrected chi connectivity index (χ3v) is 5.22. The number of fused-ring (bicyclic) bond motifs is 1. The summed E-state index contributed by atoms with van der Waals surface area (Å²) in [5, 5.41) is 7.21. The highest BCUT2D eigenvalue weighted by Crippen LogP contribution is 2.31. The van der Waals surface area contributed by atoms with Gasteiger partial charge in [-0.2, -0.15) is 5.10 Å². The molecule has 0 radical (unpaired) electrons. The Morgan fingerprint density at radius 2 is 2.06 bits per heavy atom. The van der Waals surface area contributed by atoms with Crippen molar-refractivity contribution in [3.63, 3.8) is 0 Å². The molecule has 0 bridgehead atoms. The summed E-state index contributed by atoms with van der Waals surface area (Å²) in [7, 11) is 1.73. The van der Waals surface area contributed by atoms with Crippen LogP contribution in [0.25, 0.3) is 11.3 Å². The zero-order valence-electron chi connectivity index (χ0n) is 17.2. The maximum atomic E-state index is 13.4. The average Bonchev–Trinajstić information content (AvgIpc) is 3.24. The molecule has 1 aromatic heterocycles. The second kappa shape index (κ2) is 8.99. The number of nitrogens with zero attached hydrogens (tertiary/aromatic N) is 3. The molecule has 7 nitrogen and oxygen atoms in total. The second-order valence-corrected chi connectivity index (χ2v) is 7.44. The monoisotopic (exact) mass is 422 g/mol. The maximum Gasteiger partial charge on any atom is 0.265 e. The molecule has 1 aliphatic heterocycles. The number of carbonyl (C=O) groups excluding carboxylic acids is 2. The van der Waals surface area contributed by atoms with Crippen LogP contribution in [0.2, 0.25) is 0 Å². The van der Waals surface area contributed by atoms with Crippen LogP contribution in [0.1, 0.15) is 12.1 Å². The Labute approximate surface area is 179 Å². The number of amides is 2. The smallest absolute Gasteiger partial charge is 0.265 e. The summed E-state index contributed by atoms with van der Waals surface area (Å²) in [6.45, 7) is 0.443. The zero-order chi connectivity index (χ0) is 21.8. The Balaban J connectivity index is 1.30. The van der Waals surface area contributed by atoms with Gasteiger partial charge in [-0.05, 0) is 43.2 Å². The van der Waals surface area contributed by atoms with E-state index in [0.717, 1.165) is 12.1 Å². The van der Waals surface area contributed by atoms with E-state index in [1.807, 2.05) is 18.2 Å². The molecule has 0 saturated carbocycles. The van der Waals surface area contributed by atoms with Gasteiger partial charge in [0.05, 0.1) is 11.4 Å². The number of carbonyl (C=O) groups is 2. The summed E-state index contributed by atoms with van der Waals surface area (Å²) >= 11 is 0. The first-order valence-corrected chi connectivity index (χ1v) is 10.1. The number of anilines is 1. The molecule has 0 fully saturated rings. The summed E-state index contributed by atoms with van der Waals surface area (Å²) in [6, 6.07) is 15.4. The van der Waals surface area contributed by atoms with Gasteiger partial charge < -0.3 is 9.64 Å². The summed E-state index contributed by atoms with van der Waals surface area (Å²) in [4.78, 5) is 28.0. The molecule has 0 spiro atoms. The molecule has 0 atom stereocenters. The summed E-state index contributed by atoms with van der Waals surface area (Å²) in [5.74, 6) is -0.0765. The molecule has 1 aliphatic rings. The van der Waals surface area contributed by atoms with Crippen LogP contribution in [0.4, 0.5) is 10.1 Å². The number of aryl methyl sites for hydroxylation is 1. The van der Waals surface area contributed by atoms with Gasteiger partial charge in [-0.1, -0.05) is 24.3 Å². The normalized spacial score (nSPS) is 13.0. The van der Waals surface area contributed by atoms with Crippen molar-refractivity contribution in [3.05, 3.63) is 66.1 Å². The lowest BCUT2D eigenvalue weighted by molar-refractivity contribution is -0.131. The molecule has 2 amide bonds. The highest BCUT2D eigenvalue weighted by Gasteiger charge is 2.27. The third-order valence-electron chi connectivity index (χ3n) is 5.22. The van der Waals surface area contributed by atoms with Crippen molar-refractivity contribution in [3.8, 4) is 17.0 Å². The summed E-state index contributed by atoms with van der Waals surface area (Å²) in [6.07, 6.45) is 1.42. The molecular formula is C23H23FN4O3. The Hall–Kier alpha value is -3.68. The van der Waals surface area contributed by atoms with Gasteiger partial charge in [0.2, 0.25) is 5.91 Å². The number of ether oxygens (including phenoxy) is 1. The first kappa shape index (κ1) is 20.6. The minimum Gasteiger partial charge on any atom is -0.482 e. The van der Waals surface area contributed by atoms with Crippen molar-refractivity contribution >= 4 is 17.5 Å². The zero-order valence-corrected chi connectivity index (χ0v) is 17.2. The van der Waals surface area contributed by atoms with Crippen molar-refractivity contribution in [1.29, 1.82) is 0 Å². The van der Waals surface area contributed by atoms with Gasteiger partial charge in [0.15, 0.2) is 6.61 Å². The average molecular weight is 422 g/mol. The van der Waals surface area contributed by atoms with E-state index in [0.29, 0.717) is 35.7 Å². The SMILES string of the molecule is CN(CCCc1cc(-c2cccc(F)c2)n[nH]1)C(=O)CN1C(=O)COc2ccccc21. The molecule has 0 aliphatic carbocycles. The number of hydrogen-bond donors (Lipinski definition) is 1. The standard InChI is InChI=1S/C23H23FN4O3/c1-27(22(29)14-28-20-9-2-3-10-21(20)31-15-23(28)30)11-5-8-18-13-19(26-25-18)16-6-4-7-17(24)12-16/h2-4,6-7,9-10,12-13H,5,8,11,14-15H2,1H3,(H,25,26). The Morgan fingerprint density at radius 3 is 2.90 bits per heavy atom. The number of benzene rings is 2. The fourth-order valence-corrected chi connectivity index (χ4v) is 3.50. The van der Waals surface area contributed by atoms with Crippen LogP contribution in [0.15, 0.2) is 54.6 Å². The van der Waals surface area contributed by atoms with E-state index >= 15 is 0 Å². The maximum absolute atomic E-state index is 13.4. The number of hydrogen-bond acceptors (Lipinski definition) is 4. The van der Waals surface area contributed by atoms with Crippen LogP contribution in [0, 0.1) is 5.82 Å². The number of nitrogens with one attached hydrogen (secondary N) is 1. The van der Waals surface area contributed by atoms with Gasteiger partial charge in [0, 0.05) is 24.8 Å². The van der Waals surface area contributed by atoms with E-state index in [9.17, 15) is 14.0 Å². The minimum absolute atomic E-state index is 0.0243. The largest absolute Gasteiger partial charge is 0.482 e. The van der Waals surface area contributed by atoms with Crippen molar-refractivity contribution in [1.82, 2.24) is 15.1 Å². The molecule has 160 valence electrons. The second-order valence-electron chi connectivity index (χ2n) is 7.44. The molecule has 2 heterocycles. The lowest BCUT2D eigenvalue weighted by Crippen LogP contribution is -2.45. The Morgan fingerprint density at radius 1 is 1.23 bits per heavy atom. The van der Waals surface area contributed by atoms with Gasteiger partial charge in [-0.15, -0.1) is 0 Å². The van der Waals surface area contributed by atoms with Crippen LogP contribution >= 0.6 is 0 Å². The van der Waals surface area contributed by atoms with Crippen molar-refractivity contribution in [2.45, 2.75) is 12.8 Å². The fourth-order valence-electron chi connectivity index (χ4n) is 3.50. The van der Waals surface area contributed by atoms with E-state index in [1.54, 1.807) is 36.2 Å². The number of likely N-dealkylation sites (N-methyl/N-ethyl adjacent to an activating group) is 1. The van der Waals surface area contributed by atoms with E-state index in [-0.39, 0.29) is 30.8 Å². The Bertz CT molecular complexity index is 1100. The number of aromatic amines is 1. The first-order valence-electron chi connectivity index (χ1n) is 10.1. The molecule has 0 saturated heterocycles. The summed E-state index contributed by atoms with van der Waals surface area (Å²) in [5.41, 5.74) is 2.92. The van der Waals surface area contributed by atoms with Crippen LogP contribution in [0.5, 0.6) is 5.75 Å². The lowest BCUT2D eigenvalue weighted by Gasteiger charge is -2.30. The predicted octanol–water partition coefficient (Wildman–Crippen LogP) is 3.03. The van der Waals surface area contributed by atoms with E-state index < -0.39 is 0 Å². The quantitative estimate of drug-likeness (QED) is 0.635. The molecule has 3 aromatic rings. The molecular weight excluding hydrogens is 399 g/mol. The van der Waals surface area contributed by atoms with E-state index in [4.69, 9.17) is 4.74 Å². The third kappa shape index (κ3) is 4.74. The predicted molar refractivity (Wildman–Crippen MR) is 114 cm³/mol. The van der Waals surface area contributed by atoms with E-state index in [1.165, 1.54) is 17.0 Å². The minimum atomic E-state index is -0.302. The highest BCUT2D eigenvalue weighted by atomic mass is 19.1. The van der Waals surface area contributed by atoms with Crippen molar-refractivity contribution < 1.29 is 18.7 Å².